The maximum Gasteiger partial charge on any atom is 0.344 e. The molecule has 0 heterocycles. The second-order valence-corrected chi connectivity index (χ2v) is 5.25. The summed E-state index contributed by atoms with van der Waals surface area (Å²) < 4.78 is 5.10. The third kappa shape index (κ3) is 2.45. The van der Waals surface area contributed by atoms with Gasteiger partial charge in [0, 0.05) is 0 Å². The van der Waals surface area contributed by atoms with Gasteiger partial charge in [0.15, 0.2) is 0 Å². The van der Waals surface area contributed by atoms with E-state index in [4.69, 9.17) is 9.84 Å². The van der Waals surface area contributed by atoms with Crippen LogP contribution in [0, 0.1) is 17.3 Å². The fraction of sp³-hybridized carbons (Fsp3) is 0.636. The van der Waals surface area contributed by atoms with Crippen molar-refractivity contribution in [2.45, 2.75) is 20.8 Å². The molecule has 0 aromatic rings. The fourth-order valence-corrected chi connectivity index (χ4v) is 2.29. The Kier molecular flexibility index (Phi) is 3.78. The molecule has 1 saturated carbocycles. The average Bonchev–Trinajstić information content (AvgIpc) is 2.68. The number of esters is 1. The van der Waals surface area contributed by atoms with Gasteiger partial charge in [-0.05, 0) is 34.2 Å². The van der Waals surface area contributed by atoms with Crippen molar-refractivity contribution in [2.75, 3.05) is 6.61 Å². The first-order valence-corrected chi connectivity index (χ1v) is 5.89. The summed E-state index contributed by atoms with van der Waals surface area (Å²) in [5.74, 6) is -1.82. The van der Waals surface area contributed by atoms with Gasteiger partial charge in [-0.2, -0.15) is 0 Å². The van der Waals surface area contributed by atoms with Crippen LogP contribution in [0.3, 0.4) is 0 Å². The van der Waals surface area contributed by atoms with Crippen molar-refractivity contribution in [3.8, 4) is 0 Å². The number of allylic oxidation sites excluding steroid dienone is 1. The van der Waals surface area contributed by atoms with Crippen LogP contribution < -0.4 is 0 Å². The Morgan fingerprint density at radius 3 is 2.44 bits per heavy atom. The summed E-state index contributed by atoms with van der Waals surface area (Å²) in [5, 5.41) is 8.95. The van der Waals surface area contributed by atoms with Gasteiger partial charge in [0.25, 0.3) is 0 Å². The van der Waals surface area contributed by atoms with Crippen molar-refractivity contribution in [1.82, 2.24) is 0 Å². The topological polar surface area (TPSA) is 63.6 Å². The predicted molar refractivity (Wildman–Crippen MR) is 62.0 cm³/mol. The highest BCUT2D eigenvalue weighted by Crippen LogP contribution is 2.59. The van der Waals surface area contributed by atoms with Crippen LogP contribution in [0.5, 0.6) is 0 Å². The molecular formula is C11H15BrO4. The lowest BCUT2D eigenvalue weighted by molar-refractivity contribution is -0.140. The quantitative estimate of drug-likeness (QED) is 0.637. The van der Waals surface area contributed by atoms with Crippen LogP contribution in [0.15, 0.2) is 10.6 Å². The van der Waals surface area contributed by atoms with Gasteiger partial charge in [0.1, 0.15) is 0 Å². The molecule has 0 radical (unpaired) electrons. The van der Waals surface area contributed by atoms with E-state index in [-0.39, 0.29) is 11.3 Å². The van der Waals surface area contributed by atoms with Gasteiger partial charge in [-0.3, -0.25) is 4.79 Å². The molecule has 0 aliphatic heterocycles. The molecule has 0 unspecified atom stereocenters. The van der Waals surface area contributed by atoms with Crippen LogP contribution in [-0.2, 0) is 14.3 Å². The number of carboxylic acid groups (broad SMARTS) is 1. The van der Waals surface area contributed by atoms with Crippen molar-refractivity contribution in [1.29, 1.82) is 0 Å². The predicted octanol–water partition coefficient (Wildman–Crippen LogP) is 2.19. The van der Waals surface area contributed by atoms with Gasteiger partial charge < -0.3 is 9.84 Å². The Morgan fingerprint density at radius 1 is 1.50 bits per heavy atom. The number of rotatable bonds is 4. The van der Waals surface area contributed by atoms with Crippen LogP contribution in [-0.4, -0.2) is 23.7 Å². The molecule has 1 fully saturated rings. The van der Waals surface area contributed by atoms with E-state index in [9.17, 15) is 9.59 Å². The highest BCUT2D eigenvalue weighted by atomic mass is 79.9. The lowest BCUT2D eigenvalue weighted by atomic mass is 10.1. The first-order chi connectivity index (χ1) is 7.32. The molecule has 1 aliphatic carbocycles. The third-order valence-corrected chi connectivity index (χ3v) is 3.56. The number of carboxylic acids is 1. The number of carbonyl (C=O) groups excluding carboxylic acids is 1. The summed E-state index contributed by atoms with van der Waals surface area (Å²) in [5.41, 5.74) is -0.294. The SMILES string of the molecule is CCOC(=O)C(Br)=C[C@H]1[C@@H](C(=O)O)C1(C)C. The maximum absolute atomic E-state index is 11.3. The van der Waals surface area contributed by atoms with Crippen LogP contribution >= 0.6 is 15.9 Å². The normalized spacial score (nSPS) is 27.4. The number of halogens is 1. The van der Waals surface area contributed by atoms with E-state index in [0.717, 1.165) is 0 Å². The molecule has 1 aliphatic rings. The minimum atomic E-state index is -0.824. The smallest absolute Gasteiger partial charge is 0.344 e. The number of ether oxygens (including phenoxy) is 1. The van der Waals surface area contributed by atoms with E-state index < -0.39 is 17.9 Å². The Balaban J connectivity index is 2.72. The zero-order chi connectivity index (χ0) is 12.5. The first kappa shape index (κ1) is 13.2. The van der Waals surface area contributed by atoms with Gasteiger partial charge >= 0.3 is 11.9 Å². The fourth-order valence-electron chi connectivity index (χ4n) is 1.89. The van der Waals surface area contributed by atoms with Gasteiger partial charge in [-0.1, -0.05) is 19.9 Å². The highest BCUT2D eigenvalue weighted by Gasteiger charge is 2.61. The second-order valence-electron chi connectivity index (χ2n) is 4.40. The van der Waals surface area contributed by atoms with Gasteiger partial charge in [-0.25, -0.2) is 4.79 Å². The van der Waals surface area contributed by atoms with E-state index in [1.54, 1.807) is 13.0 Å². The van der Waals surface area contributed by atoms with Gasteiger partial charge in [0.2, 0.25) is 0 Å². The van der Waals surface area contributed by atoms with Crippen LogP contribution in [0.25, 0.3) is 0 Å². The molecule has 0 aromatic heterocycles. The van der Waals surface area contributed by atoms with Crippen molar-refractivity contribution < 1.29 is 19.4 Å². The molecule has 0 saturated heterocycles. The summed E-state index contributed by atoms with van der Waals surface area (Å²) in [6, 6.07) is 0. The molecule has 0 aromatic carbocycles. The van der Waals surface area contributed by atoms with Crippen molar-refractivity contribution in [3.63, 3.8) is 0 Å². The Labute approximate surface area is 103 Å². The second kappa shape index (κ2) is 4.57. The Hall–Kier alpha value is -0.840. The largest absolute Gasteiger partial charge is 0.481 e. The monoisotopic (exact) mass is 290 g/mol. The van der Waals surface area contributed by atoms with E-state index in [2.05, 4.69) is 15.9 Å². The highest BCUT2D eigenvalue weighted by molar-refractivity contribution is 9.12. The molecule has 16 heavy (non-hydrogen) atoms. The minimum absolute atomic E-state index is 0.121. The van der Waals surface area contributed by atoms with Crippen LogP contribution in [0.4, 0.5) is 0 Å². The van der Waals surface area contributed by atoms with E-state index in [0.29, 0.717) is 11.1 Å². The molecule has 5 heteroatoms. The molecule has 0 spiro atoms. The lowest BCUT2D eigenvalue weighted by Gasteiger charge is -2.00. The van der Waals surface area contributed by atoms with Gasteiger partial charge in [-0.15, -0.1) is 0 Å². The third-order valence-electron chi connectivity index (χ3n) is 2.97. The van der Waals surface area contributed by atoms with E-state index in [1.165, 1.54) is 0 Å². The zero-order valence-corrected chi connectivity index (χ0v) is 11.1. The maximum atomic E-state index is 11.3. The zero-order valence-electron chi connectivity index (χ0n) is 9.49. The molecule has 4 nitrogen and oxygen atoms in total. The summed E-state index contributed by atoms with van der Waals surface area (Å²) >= 11 is 3.11. The van der Waals surface area contributed by atoms with Crippen molar-refractivity contribution in [2.24, 2.45) is 17.3 Å². The number of hydrogen-bond acceptors (Lipinski definition) is 3. The van der Waals surface area contributed by atoms with Crippen molar-refractivity contribution >= 4 is 27.9 Å². The number of carbonyl (C=O) groups is 2. The van der Waals surface area contributed by atoms with E-state index >= 15 is 0 Å². The Bertz CT molecular complexity index is 346. The molecule has 0 bridgehead atoms. The van der Waals surface area contributed by atoms with Crippen LogP contribution in [0.2, 0.25) is 0 Å². The van der Waals surface area contributed by atoms with Crippen molar-refractivity contribution in [3.05, 3.63) is 10.6 Å². The molecule has 0 amide bonds. The summed E-state index contributed by atoms with van der Waals surface area (Å²) in [6.45, 7) is 5.77. The molecule has 1 N–H and O–H groups in total. The average molecular weight is 291 g/mol. The summed E-state index contributed by atoms with van der Waals surface area (Å²) in [7, 11) is 0. The minimum Gasteiger partial charge on any atom is -0.481 e. The van der Waals surface area contributed by atoms with Gasteiger partial charge in [0.05, 0.1) is 17.0 Å². The summed E-state index contributed by atoms with van der Waals surface area (Å²) in [4.78, 5) is 22.2. The molecule has 1 rings (SSSR count). The summed E-state index contributed by atoms with van der Waals surface area (Å²) in [6.07, 6.45) is 1.64. The number of aliphatic carboxylic acids is 1. The molecular weight excluding hydrogens is 276 g/mol. The number of hydrogen-bond donors (Lipinski definition) is 1. The molecule has 2 atom stereocenters. The standard InChI is InChI=1S/C11H15BrO4/c1-4-16-10(15)7(12)5-6-8(9(13)14)11(6,2)3/h5-6,8H,4H2,1-3H3,(H,13,14)/t6-,8-/m0/s1. The first-order valence-electron chi connectivity index (χ1n) is 5.09. The van der Waals surface area contributed by atoms with E-state index in [1.807, 2.05) is 13.8 Å². The Morgan fingerprint density at radius 2 is 2.06 bits per heavy atom. The molecule has 90 valence electrons. The van der Waals surface area contributed by atoms with Crippen LogP contribution in [0.1, 0.15) is 20.8 Å². The lowest BCUT2D eigenvalue weighted by Crippen LogP contribution is -2.04.